The standard InChI is InChI=1S/C17H14ClN3O5S/c1-10(16(22)21-13-5-2-11(9-19)3-6-13)26-17(23)12-4-7-14(18)15(8-12)27(20,24)25/h2-8,10H,1H3,(H,21,22)(H2,20,24,25)/t10-/m0/s1. The van der Waals surface area contributed by atoms with Gasteiger partial charge in [-0.25, -0.2) is 18.4 Å². The fraction of sp³-hybridized carbons (Fsp3) is 0.118. The van der Waals surface area contributed by atoms with E-state index in [1.54, 1.807) is 0 Å². The van der Waals surface area contributed by atoms with Crippen molar-refractivity contribution < 1.29 is 22.7 Å². The maximum Gasteiger partial charge on any atom is 0.338 e. The highest BCUT2D eigenvalue weighted by Crippen LogP contribution is 2.22. The fourth-order valence-electron chi connectivity index (χ4n) is 2.00. The number of nitrogens with one attached hydrogen (secondary N) is 1. The Morgan fingerprint density at radius 3 is 2.41 bits per heavy atom. The molecule has 0 aliphatic carbocycles. The minimum atomic E-state index is -4.12. The maximum absolute atomic E-state index is 12.2. The zero-order valence-corrected chi connectivity index (χ0v) is 15.5. The summed E-state index contributed by atoms with van der Waals surface area (Å²) in [7, 11) is -4.12. The number of benzene rings is 2. The van der Waals surface area contributed by atoms with Crippen molar-refractivity contribution in [1.82, 2.24) is 0 Å². The van der Waals surface area contributed by atoms with Crippen LogP contribution in [0.5, 0.6) is 0 Å². The van der Waals surface area contributed by atoms with E-state index in [2.05, 4.69) is 5.32 Å². The van der Waals surface area contributed by atoms with Crippen molar-refractivity contribution in [1.29, 1.82) is 5.26 Å². The first kappa shape index (κ1) is 20.4. The number of hydrogen-bond acceptors (Lipinski definition) is 6. The van der Waals surface area contributed by atoms with Gasteiger partial charge in [0.25, 0.3) is 5.91 Å². The van der Waals surface area contributed by atoms with Crippen LogP contribution in [0.2, 0.25) is 5.02 Å². The average Bonchev–Trinajstić information content (AvgIpc) is 2.61. The van der Waals surface area contributed by atoms with Gasteiger partial charge in [0, 0.05) is 5.69 Å². The molecule has 0 fully saturated rings. The molecule has 8 nitrogen and oxygen atoms in total. The molecule has 0 bridgehead atoms. The molecule has 0 heterocycles. The van der Waals surface area contributed by atoms with E-state index in [-0.39, 0.29) is 10.6 Å². The molecular weight excluding hydrogens is 394 g/mol. The van der Waals surface area contributed by atoms with Gasteiger partial charge in [0.05, 0.1) is 22.2 Å². The molecule has 0 aliphatic heterocycles. The highest BCUT2D eigenvalue weighted by molar-refractivity contribution is 7.89. The summed E-state index contributed by atoms with van der Waals surface area (Å²) >= 11 is 5.76. The molecule has 1 amide bonds. The van der Waals surface area contributed by atoms with Gasteiger partial charge in [-0.05, 0) is 49.4 Å². The number of carbonyl (C=O) groups excluding carboxylic acids is 2. The number of esters is 1. The normalized spacial score (nSPS) is 11.9. The van der Waals surface area contributed by atoms with Crippen molar-refractivity contribution in [2.45, 2.75) is 17.9 Å². The first-order valence-corrected chi connectivity index (χ1v) is 9.38. The van der Waals surface area contributed by atoms with Crippen LogP contribution in [0.15, 0.2) is 47.4 Å². The van der Waals surface area contributed by atoms with Crippen molar-refractivity contribution in [2.75, 3.05) is 5.32 Å². The molecule has 3 N–H and O–H groups in total. The second-order valence-electron chi connectivity index (χ2n) is 5.42. The van der Waals surface area contributed by atoms with Gasteiger partial charge >= 0.3 is 5.97 Å². The number of nitrogens with two attached hydrogens (primary N) is 1. The number of carbonyl (C=O) groups is 2. The summed E-state index contributed by atoms with van der Waals surface area (Å²) in [6.45, 7) is 1.35. The van der Waals surface area contributed by atoms with E-state index in [1.165, 1.54) is 43.3 Å². The second kappa shape index (κ2) is 8.18. The molecule has 0 saturated heterocycles. The topological polar surface area (TPSA) is 139 Å². The van der Waals surface area contributed by atoms with Gasteiger partial charge in [0.2, 0.25) is 10.0 Å². The van der Waals surface area contributed by atoms with Crippen LogP contribution in [-0.2, 0) is 19.6 Å². The zero-order valence-electron chi connectivity index (χ0n) is 14.0. The molecule has 2 aromatic rings. The van der Waals surface area contributed by atoms with E-state index < -0.39 is 32.9 Å². The Kier molecular flexibility index (Phi) is 6.17. The SMILES string of the molecule is C[C@H](OC(=O)c1ccc(Cl)c(S(N)(=O)=O)c1)C(=O)Nc1ccc(C#N)cc1. The van der Waals surface area contributed by atoms with Crippen LogP contribution in [0, 0.1) is 11.3 Å². The van der Waals surface area contributed by atoms with Crippen LogP contribution in [0.1, 0.15) is 22.8 Å². The van der Waals surface area contributed by atoms with Crippen LogP contribution in [0.4, 0.5) is 5.69 Å². The third-order valence-electron chi connectivity index (χ3n) is 3.41. The average molecular weight is 408 g/mol. The summed E-state index contributed by atoms with van der Waals surface area (Å²) in [6.07, 6.45) is -1.17. The first-order valence-electron chi connectivity index (χ1n) is 7.46. The minimum absolute atomic E-state index is 0.124. The van der Waals surface area contributed by atoms with E-state index in [0.29, 0.717) is 11.3 Å². The minimum Gasteiger partial charge on any atom is -0.449 e. The zero-order chi connectivity index (χ0) is 20.2. The Balaban J connectivity index is 2.08. The maximum atomic E-state index is 12.2. The van der Waals surface area contributed by atoms with Crippen molar-refractivity contribution in [3.63, 3.8) is 0 Å². The molecule has 140 valence electrons. The van der Waals surface area contributed by atoms with Gasteiger partial charge in [-0.15, -0.1) is 0 Å². The second-order valence-corrected chi connectivity index (χ2v) is 7.35. The van der Waals surface area contributed by atoms with E-state index in [9.17, 15) is 18.0 Å². The predicted molar refractivity (Wildman–Crippen MR) is 97.5 cm³/mol. The largest absolute Gasteiger partial charge is 0.449 e. The van der Waals surface area contributed by atoms with Gasteiger partial charge < -0.3 is 10.1 Å². The van der Waals surface area contributed by atoms with Crippen LogP contribution in [-0.4, -0.2) is 26.4 Å². The van der Waals surface area contributed by atoms with E-state index >= 15 is 0 Å². The van der Waals surface area contributed by atoms with Crippen molar-refractivity contribution in [3.8, 4) is 6.07 Å². The first-order chi connectivity index (χ1) is 12.6. The Morgan fingerprint density at radius 1 is 1.22 bits per heavy atom. The molecule has 0 aliphatic rings. The number of amides is 1. The highest BCUT2D eigenvalue weighted by atomic mass is 35.5. The van der Waals surface area contributed by atoms with Crippen molar-refractivity contribution in [2.24, 2.45) is 5.14 Å². The van der Waals surface area contributed by atoms with E-state index in [4.69, 9.17) is 26.7 Å². The number of hydrogen-bond donors (Lipinski definition) is 2. The van der Waals surface area contributed by atoms with Gasteiger partial charge in [-0.3, -0.25) is 4.79 Å². The number of anilines is 1. The quantitative estimate of drug-likeness (QED) is 0.727. The fourth-order valence-corrected chi connectivity index (χ4v) is 3.07. The van der Waals surface area contributed by atoms with Crippen LogP contribution < -0.4 is 10.5 Å². The highest BCUT2D eigenvalue weighted by Gasteiger charge is 2.21. The van der Waals surface area contributed by atoms with Crippen molar-refractivity contribution in [3.05, 3.63) is 58.6 Å². The summed E-state index contributed by atoms with van der Waals surface area (Å²) < 4.78 is 28.0. The van der Waals surface area contributed by atoms with E-state index in [0.717, 1.165) is 6.07 Å². The number of sulfonamides is 1. The third-order valence-corrected chi connectivity index (χ3v) is 4.80. The summed E-state index contributed by atoms with van der Waals surface area (Å²) in [5.41, 5.74) is 0.729. The Hall–Kier alpha value is -2.93. The van der Waals surface area contributed by atoms with Crippen LogP contribution in [0.3, 0.4) is 0 Å². The lowest BCUT2D eigenvalue weighted by molar-refractivity contribution is -0.123. The van der Waals surface area contributed by atoms with Gasteiger partial charge in [0.1, 0.15) is 4.90 Å². The number of nitriles is 1. The molecule has 27 heavy (non-hydrogen) atoms. The van der Waals surface area contributed by atoms with Crippen LogP contribution >= 0.6 is 11.6 Å². The monoisotopic (exact) mass is 407 g/mol. The summed E-state index contributed by atoms with van der Waals surface area (Å²) in [5, 5.41) is 16.2. The molecule has 10 heteroatoms. The lowest BCUT2D eigenvalue weighted by Gasteiger charge is -2.14. The van der Waals surface area contributed by atoms with Crippen molar-refractivity contribution >= 4 is 39.2 Å². The molecule has 0 radical (unpaired) electrons. The molecule has 0 spiro atoms. The van der Waals surface area contributed by atoms with Gasteiger partial charge in [-0.1, -0.05) is 11.6 Å². The lowest BCUT2D eigenvalue weighted by atomic mass is 10.2. The number of rotatable bonds is 5. The lowest BCUT2D eigenvalue weighted by Crippen LogP contribution is -2.30. The Labute approximate surface area is 160 Å². The number of halogens is 1. The molecule has 0 aromatic heterocycles. The summed E-state index contributed by atoms with van der Waals surface area (Å²) in [6, 6.07) is 11.5. The molecule has 1 atom stereocenters. The summed E-state index contributed by atoms with van der Waals surface area (Å²) in [4.78, 5) is 23.9. The molecule has 0 unspecified atom stereocenters. The predicted octanol–water partition coefficient (Wildman–Crippen LogP) is 2.04. The summed E-state index contributed by atoms with van der Waals surface area (Å²) in [5.74, 6) is -1.52. The number of ether oxygens (including phenoxy) is 1. The Bertz CT molecular complexity index is 1030. The smallest absolute Gasteiger partial charge is 0.338 e. The number of primary sulfonamides is 1. The number of nitrogens with zero attached hydrogens (tertiary/aromatic N) is 1. The van der Waals surface area contributed by atoms with Gasteiger partial charge in [-0.2, -0.15) is 5.26 Å². The van der Waals surface area contributed by atoms with E-state index in [1.807, 2.05) is 6.07 Å². The van der Waals surface area contributed by atoms with Crippen LogP contribution in [0.25, 0.3) is 0 Å². The van der Waals surface area contributed by atoms with Gasteiger partial charge in [0.15, 0.2) is 6.10 Å². The third kappa shape index (κ3) is 5.27. The molecule has 2 rings (SSSR count). The Morgan fingerprint density at radius 2 is 1.85 bits per heavy atom. The molecular formula is C17H14ClN3O5S. The molecule has 2 aromatic carbocycles. The molecule has 0 saturated carbocycles.